The van der Waals surface area contributed by atoms with Gasteiger partial charge in [-0.15, -0.1) is 11.3 Å². The molecule has 1 aliphatic rings. The lowest BCUT2D eigenvalue weighted by Gasteiger charge is -2.16. The van der Waals surface area contributed by atoms with Crippen molar-refractivity contribution in [3.63, 3.8) is 0 Å². The number of thiophene rings is 1. The SMILES string of the molecule is N#Cc1nccnc1OC1CCN(C(=O)Cc2cccs2)C1. The number of hydrogen-bond donors (Lipinski definition) is 0. The average molecular weight is 314 g/mol. The second kappa shape index (κ2) is 6.54. The first-order valence-corrected chi connectivity index (χ1v) is 7.82. The van der Waals surface area contributed by atoms with Gasteiger partial charge in [-0.3, -0.25) is 4.79 Å². The third kappa shape index (κ3) is 3.23. The first-order valence-electron chi connectivity index (χ1n) is 6.94. The molecule has 0 saturated carbocycles. The Bertz CT molecular complexity index is 696. The average Bonchev–Trinajstić information content (AvgIpc) is 3.19. The number of nitrogens with zero attached hydrogens (tertiary/aromatic N) is 4. The van der Waals surface area contributed by atoms with E-state index >= 15 is 0 Å². The molecule has 0 aromatic carbocycles. The molecular formula is C15H14N4O2S. The summed E-state index contributed by atoms with van der Waals surface area (Å²) in [6.45, 7) is 1.18. The van der Waals surface area contributed by atoms with Crippen molar-refractivity contribution in [2.75, 3.05) is 13.1 Å². The lowest BCUT2D eigenvalue weighted by molar-refractivity contribution is -0.129. The number of hydrogen-bond acceptors (Lipinski definition) is 6. The molecule has 0 spiro atoms. The number of carbonyl (C=O) groups excluding carboxylic acids is 1. The van der Waals surface area contributed by atoms with Gasteiger partial charge < -0.3 is 9.64 Å². The van der Waals surface area contributed by atoms with Gasteiger partial charge in [-0.1, -0.05) is 6.07 Å². The minimum absolute atomic E-state index is 0.105. The van der Waals surface area contributed by atoms with Crippen molar-refractivity contribution in [2.45, 2.75) is 18.9 Å². The summed E-state index contributed by atoms with van der Waals surface area (Å²) in [5, 5.41) is 10.9. The third-order valence-corrected chi connectivity index (χ3v) is 4.33. The second-order valence-electron chi connectivity index (χ2n) is 4.95. The summed E-state index contributed by atoms with van der Waals surface area (Å²) in [6.07, 6.45) is 3.97. The van der Waals surface area contributed by atoms with E-state index in [1.807, 2.05) is 23.6 Å². The van der Waals surface area contributed by atoms with Crippen molar-refractivity contribution in [1.82, 2.24) is 14.9 Å². The van der Waals surface area contributed by atoms with Crippen molar-refractivity contribution < 1.29 is 9.53 Å². The fourth-order valence-electron chi connectivity index (χ4n) is 2.37. The van der Waals surface area contributed by atoms with Crippen molar-refractivity contribution in [3.8, 4) is 11.9 Å². The van der Waals surface area contributed by atoms with Crippen LogP contribution < -0.4 is 4.74 Å². The van der Waals surface area contributed by atoms with Gasteiger partial charge in [0.15, 0.2) is 0 Å². The second-order valence-corrected chi connectivity index (χ2v) is 5.98. The maximum absolute atomic E-state index is 12.2. The summed E-state index contributed by atoms with van der Waals surface area (Å²) in [5.41, 5.74) is 0.172. The molecule has 7 heteroatoms. The highest BCUT2D eigenvalue weighted by molar-refractivity contribution is 7.10. The van der Waals surface area contributed by atoms with Crippen molar-refractivity contribution in [3.05, 3.63) is 40.5 Å². The van der Waals surface area contributed by atoms with Crippen LogP contribution in [0.2, 0.25) is 0 Å². The zero-order valence-electron chi connectivity index (χ0n) is 11.8. The molecule has 6 nitrogen and oxygen atoms in total. The minimum atomic E-state index is -0.143. The van der Waals surface area contributed by atoms with Crippen LogP contribution in [-0.4, -0.2) is 40.0 Å². The van der Waals surface area contributed by atoms with Crippen LogP contribution in [0.25, 0.3) is 0 Å². The Hall–Kier alpha value is -2.46. The van der Waals surface area contributed by atoms with Crippen LogP contribution in [0, 0.1) is 11.3 Å². The van der Waals surface area contributed by atoms with Crippen molar-refractivity contribution >= 4 is 17.2 Å². The van der Waals surface area contributed by atoms with Gasteiger partial charge in [0.25, 0.3) is 5.88 Å². The van der Waals surface area contributed by atoms with E-state index in [4.69, 9.17) is 10.00 Å². The Labute approximate surface area is 132 Å². The van der Waals surface area contributed by atoms with Crippen LogP contribution in [0.4, 0.5) is 0 Å². The molecule has 0 aliphatic carbocycles. The zero-order chi connectivity index (χ0) is 15.4. The molecule has 112 valence electrons. The van der Waals surface area contributed by atoms with Gasteiger partial charge >= 0.3 is 0 Å². The monoisotopic (exact) mass is 314 g/mol. The van der Waals surface area contributed by atoms with Crippen LogP contribution in [0.15, 0.2) is 29.9 Å². The number of amides is 1. The maximum atomic E-state index is 12.2. The Kier molecular flexibility index (Phi) is 4.30. The van der Waals surface area contributed by atoms with Gasteiger partial charge in [-0.05, 0) is 11.4 Å². The van der Waals surface area contributed by atoms with E-state index in [0.29, 0.717) is 19.5 Å². The highest BCUT2D eigenvalue weighted by atomic mass is 32.1. The van der Waals surface area contributed by atoms with Crippen LogP contribution >= 0.6 is 11.3 Å². The number of ether oxygens (including phenoxy) is 1. The molecule has 2 aromatic heterocycles. The molecule has 1 aliphatic heterocycles. The van der Waals surface area contributed by atoms with Crippen LogP contribution in [0.1, 0.15) is 17.0 Å². The maximum Gasteiger partial charge on any atom is 0.251 e. The van der Waals surface area contributed by atoms with Crippen molar-refractivity contribution in [1.29, 1.82) is 5.26 Å². The molecule has 0 radical (unpaired) electrons. The van der Waals surface area contributed by atoms with Crippen LogP contribution in [0.3, 0.4) is 0 Å². The molecule has 1 saturated heterocycles. The summed E-state index contributed by atoms with van der Waals surface area (Å²) >= 11 is 1.59. The lowest BCUT2D eigenvalue weighted by atomic mass is 10.3. The summed E-state index contributed by atoms with van der Waals surface area (Å²) in [6, 6.07) is 5.86. The first-order chi connectivity index (χ1) is 10.8. The Morgan fingerprint density at radius 2 is 2.36 bits per heavy atom. The van der Waals surface area contributed by atoms with Gasteiger partial charge in [0.2, 0.25) is 11.6 Å². The van der Waals surface area contributed by atoms with Gasteiger partial charge in [0, 0.05) is 30.2 Å². The van der Waals surface area contributed by atoms with E-state index < -0.39 is 0 Å². The molecule has 1 fully saturated rings. The van der Waals surface area contributed by atoms with Crippen LogP contribution in [-0.2, 0) is 11.2 Å². The van der Waals surface area contributed by atoms with Gasteiger partial charge in [-0.25, -0.2) is 9.97 Å². The third-order valence-electron chi connectivity index (χ3n) is 3.45. The fourth-order valence-corrected chi connectivity index (χ4v) is 3.07. The van der Waals surface area contributed by atoms with E-state index in [9.17, 15) is 4.79 Å². The highest BCUT2D eigenvalue weighted by Gasteiger charge is 2.28. The molecule has 3 rings (SSSR count). The molecule has 1 atom stereocenters. The standard InChI is InChI=1S/C15H14N4O2S/c16-9-13-15(18-5-4-17-13)21-11-3-6-19(10-11)14(20)8-12-2-1-7-22-12/h1-2,4-5,7,11H,3,6,8,10H2. The van der Waals surface area contributed by atoms with Crippen LogP contribution in [0.5, 0.6) is 5.88 Å². The molecule has 3 heterocycles. The minimum Gasteiger partial charge on any atom is -0.470 e. The fraction of sp³-hybridized carbons (Fsp3) is 0.333. The molecule has 22 heavy (non-hydrogen) atoms. The highest BCUT2D eigenvalue weighted by Crippen LogP contribution is 2.19. The normalized spacial score (nSPS) is 17.2. The summed E-state index contributed by atoms with van der Waals surface area (Å²) in [4.78, 5) is 23.0. The van der Waals surface area contributed by atoms with E-state index in [-0.39, 0.29) is 23.6 Å². The summed E-state index contributed by atoms with van der Waals surface area (Å²) in [7, 11) is 0. The Morgan fingerprint density at radius 1 is 1.50 bits per heavy atom. The lowest BCUT2D eigenvalue weighted by Crippen LogP contribution is -2.32. The number of likely N-dealkylation sites (tertiary alicyclic amines) is 1. The zero-order valence-corrected chi connectivity index (χ0v) is 12.6. The summed E-state index contributed by atoms with van der Waals surface area (Å²) < 4.78 is 5.73. The molecule has 1 unspecified atom stereocenters. The number of aromatic nitrogens is 2. The van der Waals surface area contributed by atoms with E-state index in [1.54, 1.807) is 16.2 Å². The quantitative estimate of drug-likeness (QED) is 0.857. The number of nitriles is 1. The Balaban J connectivity index is 1.58. The molecular weight excluding hydrogens is 300 g/mol. The summed E-state index contributed by atoms with van der Waals surface area (Å²) in [5.74, 6) is 0.343. The first kappa shape index (κ1) is 14.5. The van der Waals surface area contributed by atoms with E-state index in [2.05, 4.69) is 9.97 Å². The largest absolute Gasteiger partial charge is 0.470 e. The Morgan fingerprint density at radius 3 is 3.14 bits per heavy atom. The predicted molar refractivity (Wildman–Crippen MR) is 80.4 cm³/mol. The van der Waals surface area contributed by atoms with Gasteiger partial charge in [0.1, 0.15) is 12.2 Å². The van der Waals surface area contributed by atoms with Gasteiger partial charge in [-0.2, -0.15) is 5.26 Å². The predicted octanol–water partition coefficient (Wildman–Crippen LogP) is 1.63. The van der Waals surface area contributed by atoms with Gasteiger partial charge in [0.05, 0.1) is 13.0 Å². The topological polar surface area (TPSA) is 79.1 Å². The van der Waals surface area contributed by atoms with E-state index in [1.165, 1.54) is 12.4 Å². The molecule has 0 bridgehead atoms. The van der Waals surface area contributed by atoms with E-state index in [0.717, 1.165) is 11.3 Å². The molecule has 1 amide bonds. The van der Waals surface area contributed by atoms with Crippen molar-refractivity contribution in [2.24, 2.45) is 0 Å². The smallest absolute Gasteiger partial charge is 0.251 e. The number of carbonyl (C=O) groups is 1. The molecule has 2 aromatic rings. The number of rotatable bonds is 4. The molecule has 0 N–H and O–H groups in total.